The number of nitrogens with zero attached hydrogens (tertiary/aromatic N) is 2. The smallest absolute Gasteiger partial charge is 0.0994 e. The Morgan fingerprint density at radius 2 is 2.24 bits per heavy atom. The van der Waals surface area contributed by atoms with Crippen LogP contribution < -0.4 is 5.73 Å². The number of imidazole rings is 1. The molecule has 0 spiro atoms. The van der Waals surface area contributed by atoms with Crippen molar-refractivity contribution < 1.29 is 0 Å². The van der Waals surface area contributed by atoms with Crippen LogP contribution in [0.15, 0.2) is 35.2 Å². The highest BCUT2D eigenvalue weighted by Crippen LogP contribution is 2.23. The van der Waals surface area contributed by atoms with E-state index in [1.807, 2.05) is 25.5 Å². The Bertz CT molecular complexity index is 517. The van der Waals surface area contributed by atoms with E-state index in [1.54, 1.807) is 0 Å². The Morgan fingerprint density at radius 3 is 2.88 bits per heavy atom. The van der Waals surface area contributed by atoms with Gasteiger partial charge in [0.05, 0.1) is 23.9 Å². The average molecular weight is 294 g/mol. The summed E-state index contributed by atoms with van der Waals surface area (Å²) >= 11 is 3.50. The van der Waals surface area contributed by atoms with Gasteiger partial charge in [-0.1, -0.05) is 22.9 Å². The molecule has 4 heteroatoms. The van der Waals surface area contributed by atoms with Crippen molar-refractivity contribution in [1.29, 1.82) is 0 Å². The predicted molar refractivity (Wildman–Crippen MR) is 73.2 cm³/mol. The highest BCUT2D eigenvalue weighted by Gasteiger charge is 2.11. The number of rotatable bonds is 3. The van der Waals surface area contributed by atoms with E-state index in [4.69, 9.17) is 5.73 Å². The SMILES string of the molecule is CCc1cc(Br)ccc1-n1cncc1[C@H](C)N. The van der Waals surface area contributed by atoms with Crippen LogP contribution >= 0.6 is 15.9 Å². The molecule has 1 aromatic carbocycles. The quantitative estimate of drug-likeness (QED) is 0.944. The average Bonchev–Trinajstić information content (AvgIpc) is 2.77. The van der Waals surface area contributed by atoms with E-state index in [2.05, 4.69) is 44.5 Å². The zero-order valence-corrected chi connectivity index (χ0v) is 11.6. The normalized spacial score (nSPS) is 12.7. The van der Waals surface area contributed by atoms with Gasteiger partial charge in [0.25, 0.3) is 0 Å². The number of benzene rings is 1. The molecule has 2 rings (SSSR count). The number of aromatic nitrogens is 2. The first-order valence-electron chi connectivity index (χ1n) is 5.70. The molecule has 1 aromatic heterocycles. The molecule has 0 saturated heterocycles. The van der Waals surface area contributed by atoms with E-state index < -0.39 is 0 Å². The maximum Gasteiger partial charge on any atom is 0.0994 e. The zero-order chi connectivity index (χ0) is 12.4. The lowest BCUT2D eigenvalue weighted by Crippen LogP contribution is -2.11. The molecule has 0 amide bonds. The molecule has 0 fully saturated rings. The van der Waals surface area contributed by atoms with Crippen molar-refractivity contribution in [3.63, 3.8) is 0 Å². The van der Waals surface area contributed by atoms with Crippen LogP contribution in [0.25, 0.3) is 5.69 Å². The minimum atomic E-state index is -0.0224. The first-order chi connectivity index (χ1) is 8.13. The molecule has 0 unspecified atom stereocenters. The standard InChI is InChI=1S/C13H16BrN3/c1-3-10-6-11(14)4-5-12(10)17-8-16-7-13(17)9(2)15/h4-9H,3,15H2,1-2H3/t9-/m0/s1. The van der Waals surface area contributed by atoms with Crippen molar-refractivity contribution >= 4 is 15.9 Å². The van der Waals surface area contributed by atoms with Crippen LogP contribution in [0.1, 0.15) is 31.1 Å². The van der Waals surface area contributed by atoms with Crippen LogP contribution in [-0.4, -0.2) is 9.55 Å². The maximum atomic E-state index is 5.95. The van der Waals surface area contributed by atoms with Gasteiger partial charge in [-0.25, -0.2) is 4.98 Å². The molecule has 90 valence electrons. The van der Waals surface area contributed by atoms with Crippen molar-refractivity contribution in [2.75, 3.05) is 0 Å². The highest BCUT2D eigenvalue weighted by atomic mass is 79.9. The van der Waals surface area contributed by atoms with Crippen LogP contribution in [0, 0.1) is 0 Å². The Hall–Kier alpha value is -1.13. The van der Waals surface area contributed by atoms with E-state index in [1.165, 1.54) is 5.56 Å². The highest BCUT2D eigenvalue weighted by molar-refractivity contribution is 9.10. The van der Waals surface area contributed by atoms with Crippen molar-refractivity contribution in [3.05, 3.63) is 46.5 Å². The lowest BCUT2D eigenvalue weighted by Gasteiger charge is -2.14. The van der Waals surface area contributed by atoms with Gasteiger partial charge >= 0.3 is 0 Å². The molecule has 0 radical (unpaired) electrons. The van der Waals surface area contributed by atoms with Gasteiger partial charge < -0.3 is 10.3 Å². The van der Waals surface area contributed by atoms with E-state index >= 15 is 0 Å². The summed E-state index contributed by atoms with van der Waals surface area (Å²) in [6.07, 6.45) is 4.62. The summed E-state index contributed by atoms with van der Waals surface area (Å²) in [6, 6.07) is 6.25. The van der Waals surface area contributed by atoms with Gasteiger partial charge in [0.15, 0.2) is 0 Å². The first-order valence-corrected chi connectivity index (χ1v) is 6.49. The second kappa shape index (κ2) is 5.02. The Labute approximate surface area is 110 Å². The van der Waals surface area contributed by atoms with Crippen molar-refractivity contribution in [3.8, 4) is 5.69 Å². The molecule has 17 heavy (non-hydrogen) atoms. The molecule has 2 N–H and O–H groups in total. The Balaban J connectivity index is 2.56. The van der Waals surface area contributed by atoms with Crippen molar-refractivity contribution in [2.24, 2.45) is 5.73 Å². The molecular formula is C13H16BrN3. The molecule has 1 atom stereocenters. The maximum absolute atomic E-state index is 5.95. The van der Waals surface area contributed by atoms with Gasteiger partial charge in [-0.15, -0.1) is 0 Å². The van der Waals surface area contributed by atoms with Gasteiger partial charge in [-0.3, -0.25) is 0 Å². The van der Waals surface area contributed by atoms with Crippen LogP contribution in [-0.2, 0) is 6.42 Å². The van der Waals surface area contributed by atoms with Gasteiger partial charge in [0.2, 0.25) is 0 Å². The van der Waals surface area contributed by atoms with Crippen LogP contribution in [0.3, 0.4) is 0 Å². The fraction of sp³-hybridized carbons (Fsp3) is 0.308. The molecule has 0 aliphatic rings. The van der Waals surface area contributed by atoms with Crippen LogP contribution in [0.4, 0.5) is 0 Å². The first kappa shape index (κ1) is 12.3. The summed E-state index contributed by atoms with van der Waals surface area (Å²) in [7, 11) is 0. The largest absolute Gasteiger partial charge is 0.323 e. The van der Waals surface area contributed by atoms with Gasteiger partial charge in [-0.05, 0) is 37.1 Å². The Kier molecular flexibility index (Phi) is 3.64. The van der Waals surface area contributed by atoms with Gasteiger partial charge in [0, 0.05) is 10.5 Å². The molecular weight excluding hydrogens is 278 g/mol. The number of hydrogen-bond donors (Lipinski definition) is 1. The number of aryl methyl sites for hydroxylation is 1. The summed E-state index contributed by atoms with van der Waals surface area (Å²) in [5, 5.41) is 0. The molecule has 1 heterocycles. The second-order valence-corrected chi connectivity index (χ2v) is 5.02. The zero-order valence-electron chi connectivity index (χ0n) is 10.0. The molecule has 0 saturated carbocycles. The number of hydrogen-bond acceptors (Lipinski definition) is 2. The molecule has 0 aliphatic heterocycles. The third kappa shape index (κ3) is 2.42. The summed E-state index contributed by atoms with van der Waals surface area (Å²) in [6.45, 7) is 4.12. The van der Waals surface area contributed by atoms with E-state index in [-0.39, 0.29) is 6.04 Å². The summed E-state index contributed by atoms with van der Waals surface area (Å²) in [4.78, 5) is 4.19. The number of halogens is 1. The molecule has 2 aromatic rings. The minimum absolute atomic E-state index is 0.0224. The third-order valence-corrected chi connectivity index (χ3v) is 3.31. The van der Waals surface area contributed by atoms with E-state index in [0.29, 0.717) is 0 Å². The van der Waals surface area contributed by atoms with E-state index in [9.17, 15) is 0 Å². The lowest BCUT2D eigenvalue weighted by molar-refractivity contribution is 0.749. The number of nitrogens with two attached hydrogens (primary N) is 1. The summed E-state index contributed by atoms with van der Waals surface area (Å²) in [5.74, 6) is 0. The fourth-order valence-corrected chi connectivity index (χ4v) is 2.32. The van der Waals surface area contributed by atoms with Crippen molar-refractivity contribution in [2.45, 2.75) is 26.3 Å². The lowest BCUT2D eigenvalue weighted by atomic mass is 10.1. The monoisotopic (exact) mass is 293 g/mol. The summed E-state index contributed by atoms with van der Waals surface area (Å²) in [5.41, 5.74) is 9.41. The molecule has 0 aliphatic carbocycles. The minimum Gasteiger partial charge on any atom is -0.323 e. The third-order valence-electron chi connectivity index (χ3n) is 2.82. The predicted octanol–water partition coefficient (Wildman–Crippen LogP) is 3.22. The fourth-order valence-electron chi connectivity index (χ4n) is 1.92. The molecule has 0 bridgehead atoms. The summed E-state index contributed by atoms with van der Waals surface area (Å²) < 4.78 is 3.16. The van der Waals surface area contributed by atoms with Gasteiger partial charge in [0.1, 0.15) is 0 Å². The van der Waals surface area contributed by atoms with Gasteiger partial charge in [-0.2, -0.15) is 0 Å². The van der Waals surface area contributed by atoms with Crippen molar-refractivity contribution in [1.82, 2.24) is 9.55 Å². The van der Waals surface area contributed by atoms with Crippen LogP contribution in [0.5, 0.6) is 0 Å². The molecule has 3 nitrogen and oxygen atoms in total. The Morgan fingerprint density at radius 1 is 1.47 bits per heavy atom. The topological polar surface area (TPSA) is 43.8 Å². The second-order valence-electron chi connectivity index (χ2n) is 4.10. The van der Waals surface area contributed by atoms with Crippen LogP contribution in [0.2, 0.25) is 0 Å². The van der Waals surface area contributed by atoms with E-state index in [0.717, 1.165) is 22.3 Å².